The maximum atomic E-state index is 10.8. The van der Waals surface area contributed by atoms with Crippen LogP contribution in [0.4, 0.5) is 0 Å². The molecule has 6 nitrogen and oxygen atoms in total. The van der Waals surface area contributed by atoms with Gasteiger partial charge >= 0.3 is 11.9 Å². The first-order valence-electron chi connectivity index (χ1n) is 6.97. The molecule has 0 atom stereocenters. The summed E-state index contributed by atoms with van der Waals surface area (Å²) >= 11 is 0. The molecule has 0 bridgehead atoms. The molecule has 0 saturated carbocycles. The van der Waals surface area contributed by atoms with Crippen LogP contribution in [0.15, 0.2) is 0 Å². The largest absolute Gasteiger partial charge is 0.476 e. The number of carbonyl (C=O) groups is 4. The number of hydrogen-bond acceptors (Lipinski definition) is 4. The first-order valence-corrected chi connectivity index (χ1v) is 6.97. The van der Waals surface area contributed by atoms with E-state index in [2.05, 4.69) is 0 Å². The van der Waals surface area contributed by atoms with Crippen molar-refractivity contribution in [3.8, 4) is 0 Å². The molecule has 2 N–H and O–H groups in total. The van der Waals surface area contributed by atoms with Crippen LogP contribution in [-0.2, 0) is 19.2 Å². The zero-order chi connectivity index (χ0) is 15.4. The molecule has 0 spiro atoms. The van der Waals surface area contributed by atoms with Gasteiger partial charge in [-0.25, -0.2) is 9.59 Å². The van der Waals surface area contributed by atoms with Gasteiger partial charge in [0, 0.05) is 12.8 Å². The third-order valence-corrected chi connectivity index (χ3v) is 3.03. The fraction of sp³-hybridized carbons (Fsp3) is 0.714. The summed E-state index contributed by atoms with van der Waals surface area (Å²) in [6.45, 7) is 0. The molecule has 114 valence electrons. The monoisotopic (exact) mass is 286 g/mol. The Balaban J connectivity index is 3.25. The van der Waals surface area contributed by atoms with Gasteiger partial charge in [-0.05, 0) is 12.8 Å². The fourth-order valence-corrected chi connectivity index (χ4v) is 1.85. The Bertz CT molecular complexity index is 314. The van der Waals surface area contributed by atoms with Crippen molar-refractivity contribution in [1.29, 1.82) is 0 Å². The van der Waals surface area contributed by atoms with Crippen LogP contribution in [0.25, 0.3) is 0 Å². The smallest absolute Gasteiger partial charge is 0.372 e. The lowest BCUT2D eigenvalue weighted by molar-refractivity contribution is -0.149. The second kappa shape index (κ2) is 11.1. The first kappa shape index (κ1) is 18.3. The van der Waals surface area contributed by atoms with Crippen molar-refractivity contribution in [3.63, 3.8) is 0 Å². The lowest BCUT2D eigenvalue weighted by Gasteiger charge is -2.01. The van der Waals surface area contributed by atoms with Crippen LogP contribution >= 0.6 is 0 Å². The van der Waals surface area contributed by atoms with Crippen LogP contribution < -0.4 is 0 Å². The number of Topliss-reactive ketones (excluding diaryl/α,β-unsaturated/α-hetero) is 2. The number of hydrogen-bond donors (Lipinski definition) is 2. The number of unbranched alkanes of at least 4 members (excludes halogenated alkanes) is 7. The predicted molar refractivity (Wildman–Crippen MR) is 71.5 cm³/mol. The molecule has 0 rings (SSSR count). The molecule has 0 heterocycles. The summed E-state index contributed by atoms with van der Waals surface area (Å²) in [6.07, 6.45) is 7.05. The normalized spacial score (nSPS) is 10.2. The Morgan fingerprint density at radius 2 is 0.750 bits per heavy atom. The van der Waals surface area contributed by atoms with E-state index < -0.39 is 23.5 Å². The minimum Gasteiger partial charge on any atom is -0.476 e. The van der Waals surface area contributed by atoms with Gasteiger partial charge in [-0.1, -0.05) is 38.5 Å². The molecule has 0 amide bonds. The second-order valence-corrected chi connectivity index (χ2v) is 4.79. The Morgan fingerprint density at radius 1 is 0.500 bits per heavy atom. The molecule has 20 heavy (non-hydrogen) atoms. The summed E-state index contributed by atoms with van der Waals surface area (Å²) in [6, 6.07) is 0. The summed E-state index contributed by atoms with van der Waals surface area (Å²) < 4.78 is 0. The van der Waals surface area contributed by atoms with Crippen LogP contribution in [0.3, 0.4) is 0 Å². The average Bonchev–Trinajstić information content (AvgIpc) is 2.39. The second-order valence-electron chi connectivity index (χ2n) is 4.79. The molecular weight excluding hydrogens is 264 g/mol. The first-order chi connectivity index (χ1) is 9.45. The van der Waals surface area contributed by atoms with E-state index in [0.29, 0.717) is 12.8 Å². The van der Waals surface area contributed by atoms with Gasteiger partial charge in [0.25, 0.3) is 0 Å². The van der Waals surface area contributed by atoms with Gasteiger partial charge in [0.05, 0.1) is 0 Å². The Morgan fingerprint density at radius 3 is 1.00 bits per heavy atom. The van der Waals surface area contributed by atoms with Crippen molar-refractivity contribution in [2.24, 2.45) is 0 Å². The molecule has 0 aliphatic rings. The molecule has 0 aromatic heterocycles. The summed E-state index contributed by atoms with van der Waals surface area (Å²) in [5.41, 5.74) is 0. The number of ketones is 2. The minimum atomic E-state index is -1.36. The Labute approximate surface area is 118 Å². The van der Waals surface area contributed by atoms with Crippen LogP contribution in [0.1, 0.15) is 64.2 Å². The highest BCUT2D eigenvalue weighted by Crippen LogP contribution is 2.11. The van der Waals surface area contributed by atoms with E-state index in [1.807, 2.05) is 0 Å². The van der Waals surface area contributed by atoms with Gasteiger partial charge in [0.2, 0.25) is 11.6 Å². The molecule has 0 fully saturated rings. The van der Waals surface area contributed by atoms with Gasteiger partial charge in [0.1, 0.15) is 0 Å². The highest BCUT2D eigenvalue weighted by Gasteiger charge is 2.10. The number of carbonyl (C=O) groups excluding carboxylic acids is 2. The molecule has 0 saturated heterocycles. The number of aliphatic carboxylic acids is 2. The summed E-state index contributed by atoms with van der Waals surface area (Å²) in [7, 11) is 0. The van der Waals surface area contributed by atoms with Crippen molar-refractivity contribution in [2.75, 3.05) is 0 Å². The van der Waals surface area contributed by atoms with Crippen molar-refractivity contribution in [1.82, 2.24) is 0 Å². The van der Waals surface area contributed by atoms with Crippen molar-refractivity contribution in [2.45, 2.75) is 64.2 Å². The number of rotatable bonds is 13. The molecule has 0 aromatic rings. The molecule has 0 radical (unpaired) electrons. The maximum absolute atomic E-state index is 10.8. The predicted octanol–water partition coefficient (Wildman–Crippen LogP) is 2.19. The quantitative estimate of drug-likeness (QED) is 0.397. The van der Waals surface area contributed by atoms with E-state index in [1.165, 1.54) is 0 Å². The van der Waals surface area contributed by atoms with E-state index in [1.54, 1.807) is 0 Å². The average molecular weight is 286 g/mol. The zero-order valence-corrected chi connectivity index (χ0v) is 11.6. The highest BCUT2D eigenvalue weighted by molar-refractivity contribution is 6.32. The van der Waals surface area contributed by atoms with Crippen LogP contribution in [0, 0.1) is 0 Å². The van der Waals surface area contributed by atoms with Gasteiger partial charge in [0.15, 0.2) is 0 Å². The summed E-state index contributed by atoms with van der Waals surface area (Å²) in [4.78, 5) is 42.1. The maximum Gasteiger partial charge on any atom is 0.372 e. The fourth-order valence-electron chi connectivity index (χ4n) is 1.85. The summed E-state index contributed by atoms with van der Waals surface area (Å²) in [5.74, 6) is -4.18. The van der Waals surface area contributed by atoms with Gasteiger partial charge < -0.3 is 10.2 Å². The minimum absolute atomic E-state index is 0.104. The van der Waals surface area contributed by atoms with Crippen LogP contribution in [0.5, 0.6) is 0 Å². The molecule has 6 heteroatoms. The molecule has 0 aliphatic heterocycles. The van der Waals surface area contributed by atoms with Crippen molar-refractivity contribution < 1.29 is 29.4 Å². The topological polar surface area (TPSA) is 109 Å². The lowest BCUT2D eigenvalue weighted by Crippen LogP contribution is -2.11. The zero-order valence-electron chi connectivity index (χ0n) is 11.6. The van der Waals surface area contributed by atoms with E-state index in [0.717, 1.165) is 38.5 Å². The Kier molecular flexibility index (Phi) is 10.2. The summed E-state index contributed by atoms with van der Waals surface area (Å²) in [5, 5.41) is 16.7. The third-order valence-electron chi connectivity index (χ3n) is 3.03. The van der Waals surface area contributed by atoms with Gasteiger partial charge in [-0.2, -0.15) is 0 Å². The van der Waals surface area contributed by atoms with Gasteiger partial charge in [-0.3, -0.25) is 9.59 Å². The standard InChI is InChI=1S/C14H22O6/c15-11(13(17)18)9-7-5-3-1-2-4-6-8-10-12(16)14(19)20/h1-10H2,(H,17,18)(H,19,20). The highest BCUT2D eigenvalue weighted by atomic mass is 16.4. The van der Waals surface area contributed by atoms with Crippen LogP contribution in [-0.4, -0.2) is 33.7 Å². The molecule has 0 aromatic carbocycles. The Hall–Kier alpha value is -1.72. The lowest BCUT2D eigenvalue weighted by atomic mass is 10.0. The molecule has 0 aliphatic carbocycles. The third kappa shape index (κ3) is 10.2. The van der Waals surface area contributed by atoms with Crippen LogP contribution in [0.2, 0.25) is 0 Å². The van der Waals surface area contributed by atoms with Gasteiger partial charge in [-0.15, -0.1) is 0 Å². The van der Waals surface area contributed by atoms with Crippen molar-refractivity contribution >= 4 is 23.5 Å². The SMILES string of the molecule is O=C(O)C(=O)CCCCCCCCCCC(=O)C(=O)O. The van der Waals surface area contributed by atoms with Crippen molar-refractivity contribution in [3.05, 3.63) is 0 Å². The number of carboxylic acid groups (broad SMARTS) is 2. The molecule has 0 unspecified atom stereocenters. The van der Waals surface area contributed by atoms with E-state index >= 15 is 0 Å². The number of carboxylic acids is 2. The van der Waals surface area contributed by atoms with E-state index in [-0.39, 0.29) is 12.8 Å². The van der Waals surface area contributed by atoms with E-state index in [9.17, 15) is 19.2 Å². The molecular formula is C14H22O6. The van der Waals surface area contributed by atoms with E-state index in [4.69, 9.17) is 10.2 Å².